The third-order valence-electron chi connectivity index (χ3n) is 6.84. The molecule has 0 spiro atoms. The molecular formula is C29H23F2IN4. The lowest BCUT2D eigenvalue weighted by molar-refractivity contribution is 0.000242. The van der Waals surface area contributed by atoms with Crippen LogP contribution in [0.2, 0.25) is 0 Å². The van der Waals surface area contributed by atoms with E-state index in [4.69, 9.17) is 0 Å². The number of alkyl halides is 2. The summed E-state index contributed by atoms with van der Waals surface area (Å²) in [5, 5.41) is 28.0. The zero-order valence-corrected chi connectivity index (χ0v) is 22.0. The second-order valence-electron chi connectivity index (χ2n) is 9.55. The number of nitrogens with zero attached hydrogens (tertiary/aromatic N) is 4. The number of likely N-dealkylation sites (tertiary alicyclic amines) is 1. The molecule has 7 heteroatoms. The summed E-state index contributed by atoms with van der Waals surface area (Å²) < 4.78 is 29.1. The highest BCUT2D eigenvalue weighted by atomic mass is 127. The summed E-state index contributed by atoms with van der Waals surface area (Å²) in [5.41, 5.74) is 1.89. The summed E-state index contributed by atoms with van der Waals surface area (Å²) in [6.07, 6.45) is 0. The van der Waals surface area contributed by atoms with Crippen LogP contribution in [-0.4, -0.2) is 23.7 Å². The van der Waals surface area contributed by atoms with Gasteiger partial charge in [0.05, 0.1) is 44.4 Å². The van der Waals surface area contributed by atoms with Crippen molar-refractivity contribution in [3.63, 3.8) is 0 Å². The average Bonchev–Trinajstić information content (AvgIpc) is 2.84. The molecule has 36 heavy (non-hydrogen) atoms. The monoisotopic (exact) mass is 592 g/mol. The third kappa shape index (κ3) is 4.72. The maximum absolute atomic E-state index is 15.8. The predicted molar refractivity (Wildman–Crippen MR) is 141 cm³/mol. The molecule has 4 nitrogen and oxygen atoms in total. The van der Waals surface area contributed by atoms with Crippen molar-refractivity contribution in [2.45, 2.75) is 29.0 Å². The maximum atomic E-state index is 15.8. The number of hydrogen-bond acceptors (Lipinski definition) is 4. The summed E-state index contributed by atoms with van der Waals surface area (Å²) in [4.78, 5) is 2.20. The Morgan fingerprint density at radius 1 is 0.861 bits per heavy atom. The van der Waals surface area contributed by atoms with Crippen molar-refractivity contribution in [1.29, 1.82) is 15.8 Å². The van der Waals surface area contributed by atoms with Gasteiger partial charge in [-0.2, -0.15) is 15.8 Å². The van der Waals surface area contributed by atoms with Crippen LogP contribution in [0.3, 0.4) is 0 Å². The zero-order chi connectivity index (χ0) is 26.1. The molecule has 3 aromatic rings. The quantitative estimate of drug-likeness (QED) is 0.241. The standard InChI is InChI=1S/C29H23F2IN4/c1-28(2,31)29(32,24-11-21(16-35)12-26(30)13-24)25-17-36(18-25)27(22-8-6-19(14-33)7-9-22)23-5-3-4-20(10-23)15-34/h3-13,25,27H,17-18H2,1-2H3/t27-,29+/m0/s1. The Labute approximate surface area is 223 Å². The zero-order valence-electron chi connectivity index (χ0n) is 19.8. The van der Waals surface area contributed by atoms with E-state index in [-0.39, 0.29) is 17.5 Å². The molecule has 4 rings (SSSR count). The number of nitriles is 3. The fraction of sp³-hybridized carbons (Fsp3) is 0.276. The van der Waals surface area contributed by atoms with Crippen LogP contribution in [0.25, 0.3) is 0 Å². The molecule has 0 bridgehead atoms. The molecule has 0 radical (unpaired) electrons. The summed E-state index contributed by atoms with van der Waals surface area (Å²) in [6, 6.07) is 24.9. The largest absolute Gasteiger partial charge is 0.292 e. The Hall–Kier alpha value is -3.32. The van der Waals surface area contributed by atoms with Gasteiger partial charge in [0.1, 0.15) is 11.5 Å². The van der Waals surface area contributed by atoms with E-state index in [2.05, 4.69) is 39.6 Å². The molecule has 2 atom stereocenters. The van der Waals surface area contributed by atoms with Crippen molar-refractivity contribution in [2.75, 3.05) is 13.1 Å². The number of hydrogen-bond donors (Lipinski definition) is 0. The SMILES string of the molecule is CC(C)(F)[C@@](I)(c1cc(F)cc(C#N)c1)C1CN([C@@H](c2ccc(C#N)cc2)c2cccc(C#N)c2)C1. The van der Waals surface area contributed by atoms with Crippen molar-refractivity contribution in [3.8, 4) is 18.2 Å². The maximum Gasteiger partial charge on any atom is 0.124 e. The summed E-state index contributed by atoms with van der Waals surface area (Å²) >= 11 is 2.10. The van der Waals surface area contributed by atoms with Gasteiger partial charge in [-0.3, -0.25) is 4.90 Å². The van der Waals surface area contributed by atoms with E-state index in [1.54, 1.807) is 24.3 Å². The van der Waals surface area contributed by atoms with E-state index in [1.807, 2.05) is 36.4 Å². The van der Waals surface area contributed by atoms with Gasteiger partial charge in [-0.25, -0.2) is 8.78 Å². The van der Waals surface area contributed by atoms with Gasteiger partial charge in [0.15, 0.2) is 0 Å². The van der Waals surface area contributed by atoms with Crippen LogP contribution in [0.4, 0.5) is 8.78 Å². The van der Waals surface area contributed by atoms with Gasteiger partial charge in [0.2, 0.25) is 0 Å². The van der Waals surface area contributed by atoms with E-state index in [0.717, 1.165) is 17.2 Å². The predicted octanol–water partition coefficient (Wildman–Crippen LogP) is 6.54. The molecule has 1 heterocycles. The first kappa shape index (κ1) is 25.8. The Morgan fingerprint density at radius 2 is 1.50 bits per heavy atom. The molecule has 0 aromatic heterocycles. The average molecular weight is 592 g/mol. The smallest absolute Gasteiger partial charge is 0.124 e. The van der Waals surface area contributed by atoms with E-state index < -0.39 is 14.9 Å². The molecule has 0 N–H and O–H groups in total. The highest BCUT2D eigenvalue weighted by molar-refractivity contribution is 14.1. The lowest BCUT2D eigenvalue weighted by Crippen LogP contribution is -2.60. The van der Waals surface area contributed by atoms with Gasteiger partial charge in [-0.15, -0.1) is 0 Å². The molecule has 1 aliphatic heterocycles. The lowest BCUT2D eigenvalue weighted by Gasteiger charge is -2.54. The van der Waals surface area contributed by atoms with Crippen LogP contribution in [0, 0.1) is 45.7 Å². The minimum absolute atomic E-state index is 0.161. The minimum atomic E-state index is -1.70. The van der Waals surface area contributed by atoms with Crippen LogP contribution < -0.4 is 0 Å². The van der Waals surface area contributed by atoms with Gasteiger partial charge >= 0.3 is 0 Å². The van der Waals surface area contributed by atoms with Gasteiger partial charge in [0.25, 0.3) is 0 Å². The van der Waals surface area contributed by atoms with Crippen molar-refractivity contribution in [1.82, 2.24) is 4.90 Å². The van der Waals surface area contributed by atoms with Gasteiger partial charge in [-0.05, 0) is 73.0 Å². The number of benzene rings is 3. The third-order valence-corrected chi connectivity index (χ3v) is 9.62. The van der Waals surface area contributed by atoms with Gasteiger partial charge < -0.3 is 0 Å². The second kappa shape index (κ2) is 9.97. The molecule has 1 fully saturated rings. The molecule has 0 amide bonds. The lowest BCUT2D eigenvalue weighted by atomic mass is 9.71. The Kier molecular flexibility index (Phi) is 7.14. The van der Waals surface area contributed by atoms with Crippen LogP contribution in [-0.2, 0) is 3.42 Å². The number of halogens is 3. The molecular weight excluding hydrogens is 569 g/mol. The van der Waals surface area contributed by atoms with Crippen LogP contribution in [0.15, 0.2) is 66.7 Å². The van der Waals surface area contributed by atoms with Crippen molar-refractivity contribution in [3.05, 3.63) is 106 Å². The molecule has 0 aliphatic carbocycles. The molecule has 0 saturated carbocycles. The fourth-order valence-electron chi connectivity index (χ4n) is 5.04. The Bertz CT molecular complexity index is 1400. The minimum Gasteiger partial charge on any atom is -0.292 e. The van der Waals surface area contributed by atoms with E-state index >= 15 is 4.39 Å². The fourth-order valence-corrected chi connectivity index (χ4v) is 5.74. The van der Waals surface area contributed by atoms with Crippen LogP contribution in [0.1, 0.15) is 53.3 Å². The summed E-state index contributed by atoms with van der Waals surface area (Å²) in [6.45, 7) is 4.04. The first-order chi connectivity index (χ1) is 17.1. The molecule has 0 unspecified atom stereocenters. The normalized spacial score (nSPS) is 16.6. The Morgan fingerprint density at radius 3 is 2.08 bits per heavy atom. The topological polar surface area (TPSA) is 74.6 Å². The van der Waals surface area contributed by atoms with Gasteiger partial charge in [-0.1, -0.05) is 46.9 Å². The van der Waals surface area contributed by atoms with Crippen molar-refractivity contribution < 1.29 is 8.78 Å². The summed E-state index contributed by atoms with van der Waals surface area (Å²) in [5.74, 6) is -0.722. The van der Waals surface area contributed by atoms with Crippen LogP contribution in [0.5, 0.6) is 0 Å². The molecule has 180 valence electrons. The van der Waals surface area contributed by atoms with Crippen molar-refractivity contribution >= 4 is 22.6 Å². The van der Waals surface area contributed by atoms with E-state index in [0.29, 0.717) is 29.8 Å². The highest BCUT2D eigenvalue weighted by Crippen LogP contribution is 2.54. The highest BCUT2D eigenvalue weighted by Gasteiger charge is 2.55. The van der Waals surface area contributed by atoms with Crippen molar-refractivity contribution in [2.24, 2.45) is 5.92 Å². The summed E-state index contributed by atoms with van der Waals surface area (Å²) in [7, 11) is 0. The van der Waals surface area contributed by atoms with Crippen LogP contribution >= 0.6 is 22.6 Å². The first-order valence-electron chi connectivity index (χ1n) is 11.4. The Balaban J connectivity index is 1.72. The molecule has 1 aliphatic rings. The molecule has 3 aromatic carbocycles. The number of rotatable bonds is 6. The van der Waals surface area contributed by atoms with E-state index in [9.17, 15) is 20.2 Å². The van der Waals surface area contributed by atoms with Gasteiger partial charge in [0, 0.05) is 19.0 Å². The second-order valence-corrected chi connectivity index (χ2v) is 11.3. The first-order valence-corrected chi connectivity index (χ1v) is 12.5. The van der Waals surface area contributed by atoms with E-state index in [1.165, 1.54) is 19.9 Å². The molecule has 1 saturated heterocycles.